The molecule has 0 saturated carbocycles. The number of hydrogen-bond donors (Lipinski definition) is 1. The molecule has 0 saturated heterocycles. The molecule has 0 aliphatic carbocycles. The van der Waals surface area contributed by atoms with Crippen LogP contribution in [0.5, 0.6) is 0 Å². The van der Waals surface area contributed by atoms with Crippen LogP contribution in [-0.4, -0.2) is 28.3 Å². The minimum absolute atomic E-state index is 0.370. The molecule has 0 radical (unpaired) electrons. The van der Waals surface area contributed by atoms with Gasteiger partial charge in [0.1, 0.15) is 5.76 Å². The molecule has 26 heavy (non-hydrogen) atoms. The molecule has 5 heteroatoms. The van der Waals surface area contributed by atoms with Crippen molar-refractivity contribution in [3.63, 3.8) is 0 Å². The van der Waals surface area contributed by atoms with E-state index in [9.17, 15) is 4.79 Å². The zero-order chi connectivity index (χ0) is 19.2. The Morgan fingerprint density at radius 2 is 1.92 bits per heavy atom. The normalized spacial score (nSPS) is 11.1. The minimum Gasteiger partial charge on any atom is -0.479 e. The van der Waals surface area contributed by atoms with Crippen molar-refractivity contribution in [2.24, 2.45) is 0 Å². The molecule has 0 bridgehead atoms. The Kier molecular flexibility index (Phi) is 6.59. The second-order valence-electron chi connectivity index (χ2n) is 6.69. The van der Waals surface area contributed by atoms with Gasteiger partial charge in [0, 0.05) is 18.6 Å². The Bertz CT molecular complexity index is 807. The third-order valence-corrected chi connectivity index (χ3v) is 4.00. The van der Waals surface area contributed by atoms with E-state index in [-0.39, 0.29) is 0 Å². The van der Waals surface area contributed by atoms with Gasteiger partial charge in [0.05, 0.1) is 12.1 Å². The Morgan fingerprint density at radius 1 is 1.23 bits per heavy atom. The number of carboxylic acids is 1. The second-order valence-corrected chi connectivity index (χ2v) is 6.69. The number of aromatic nitrogens is 1. The van der Waals surface area contributed by atoms with Gasteiger partial charge in [-0.1, -0.05) is 23.6 Å². The molecular weight excluding hydrogens is 330 g/mol. The molecule has 0 fully saturated rings. The van der Waals surface area contributed by atoms with Crippen molar-refractivity contribution in [2.45, 2.75) is 52.6 Å². The minimum atomic E-state index is -1.16. The Labute approximate surface area is 154 Å². The standard InChI is InChI=1S/C21H25NO4/c1-15-10-12-17(13-11-15)19-22-18(16(2)26-19)9-7-5-6-8-14-25-21(3,4)20(23)24/h10-13H,6,8-9,14H2,1-4H3,(H,23,24). The fourth-order valence-corrected chi connectivity index (χ4v) is 2.20. The summed E-state index contributed by atoms with van der Waals surface area (Å²) < 4.78 is 11.1. The number of hydrogen-bond acceptors (Lipinski definition) is 4. The highest BCUT2D eigenvalue weighted by Crippen LogP contribution is 2.22. The predicted octanol–water partition coefficient (Wildman–Crippen LogP) is 4.16. The summed E-state index contributed by atoms with van der Waals surface area (Å²) in [7, 11) is 0. The largest absolute Gasteiger partial charge is 0.479 e. The molecule has 1 aromatic carbocycles. The highest BCUT2D eigenvalue weighted by molar-refractivity contribution is 5.76. The van der Waals surface area contributed by atoms with E-state index in [0.717, 1.165) is 17.0 Å². The molecule has 2 rings (SSSR count). The number of rotatable bonds is 7. The SMILES string of the molecule is Cc1ccc(-c2nc(CC#CCCCOC(C)(C)C(=O)O)c(C)o2)cc1. The van der Waals surface area contributed by atoms with E-state index in [0.29, 0.717) is 31.8 Å². The third-order valence-electron chi connectivity index (χ3n) is 4.00. The molecule has 138 valence electrons. The second kappa shape index (κ2) is 8.68. The van der Waals surface area contributed by atoms with E-state index in [4.69, 9.17) is 14.3 Å². The summed E-state index contributed by atoms with van der Waals surface area (Å²) in [6, 6.07) is 8.05. The first-order chi connectivity index (χ1) is 12.3. The fraction of sp³-hybridized carbons (Fsp3) is 0.429. The lowest BCUT2D eigenvalue weighted by atomic mass is 10.1. The summed E-state index contributed by atoms with van der Waals surface area (Å²) >= 11 is 0. The lowest BCUT2D eigenvalue weighted by molar-refractivity contribution is -0.161. The molecule has 2 aromatic rings. The van der Waals surface area contributed by atoms with Gasteiger partial charge in [-0.2, -0.15) is 0 Å². The highest BCUT2D eigenvalue weighted by atomic mass is 16.5. The maximum atomic E-state index is 10.9. The summed E-state index contributed by atoms with van der Waals surface area (Å²) in [4.78, 5) is 15.5. The zero-order valence-corrected chi connectivity index (χ0v) is 15.8. The van der Waals surface area contributed by atoms with Crippen LogP contribution >= 0.6 is 0 Å². The number of carbonyl (C=O) groups is 1. The molecule has 5 nitrogen and oxygen atoms in total. The number of aliphatic carboxylic acids is 1. The number of benzene rings is 1. The molecule has 0 aliphatic heterocycles. The monoisotopic (exact) mass is 355 g/mol. The smallest absolute Gasteiger partial charge is 0.335 e. The van der Waals surface area contributed by atoms with Crippen molar-refractivity contribution in [3.05, 3.63) is 41.3 Å². The van der Waals surface area contributed by atoms with Crippen LogP contribution in [0, 0.1) is 25.7 Å². The van der Waals surface area contributed by atoms with Gasteiger partial charge >= 0.3 is 5.97 Å². The zero-order valence-electron chi connectivity index (χ0n) is 15.8. The molecular formula is C21H25NO4. The molecule has 0 atom stereocenters. The van der Waals surface area contributed by atoms with Gasteiger partial charge in [0.15, 0.2) is 5.60 Å². The first-order valence-electron chi connectivity index (χ1n) is 8.66. The number of carboxylic acid groups (broad SMARTS) is 1. The van der Waals surface area contributed by atoms with E-state index in [1.165, 1.54) is 5.56 Å². The van der Waals surface area contributed by atoms with Gasteiger partial charge in [-0.25, -0.2) is 9.78 Å². The van der Waals surface area contributed by atoms with E-state index in [1.54, 1.807) is 13.8 Å². The van der Waals surface area contributed by atoms with Gasteiger partial charge in [-0.15, -0.1) is 5.92 Å². The van der Waals surface area contributed by atoms with Crippen molar-refractivity contribution < 1.29 is 19.1 Å². The van der Waals surface area contributed by atoms with Crippen LogP contribution in [0.4, 0.5) is 0 Å². The van der Waals surface area contributed by atoms with E-state index in [1.807, 2.05) is 38.1 Å². The molecule has 1 N–H and O–H groups in total. The summed E-state index contributed by atoms with van der Waals surface area (Å²) in [5.41, 5.74) is 1.84. The van der Waals surface area contributed by atoms with Crippen LogP contribution in [0.2, 0.25) is 0 Å². The van der Waals surface area contributed by atoms with Gasteiger partial charge in [-0.3, -0.25) is 0 Å². The van der Waals surface area contributed by atoms with Crippen LogP contribution in [-0.2, 0) is 16.0 Å². The van der Waals surface area contributed by atoms with Crippen molar-refractivity contribution in [1.82, 2.24) is 4.98 Å². The predicted molar refractivity (Wildman–Crippen MR) is 99.8 cm³/mol. The highest BCUT2D eigenvalue weighted by Gasteiger charge is 2.27. The van der Waals surface area contributed by atoms with E-state index < -0.39 is 11.6 Å². The summed E-state index contributed by atoms with van der Waals surface area (Å²) in [6.45, 7) is 7.39. The van der Waals surface area contributed by atoms with Crippen molar-refractivity contribution in [1.29, 1.82) is 0 Å². The Morgan fingerprint density at radius 3 is 2.58 bits per heavy atom. The van der Waals surface area contributed by atoms with Crippen molar-refractivity contribution >= 4 is 5.97 Å². The summed E-state index contributed by atoms with van der Waals surface area (Å²) in [5, 5.41) is 8.96. The van der Waals surface area contributed by atoms with Crippen LogP contribution < -0.4 is 0 Å². The van der Waals surface area contributed by atoms with E-state index >= 15 is 0 Å². The lowest BCUT2D eigenvalue weighted by Crippen LogP contribution is -2.34. The van der Waals surface area contributed by atoms with Crippen LogP contribution in [0.25, 0.3) is 11.5 Å². The number of nitrogens with zero attached hydrogens (tertiary/aromatic N) is 1. The topological polar surface area (TPSA) is 72.6 Å². The first kappa shape index (κ1) is 19.7. The average molecular weight is 355 g/mol. The van der Waals surface area contributed by atoms with Crippen LogP contribution in [0.3, 0.4) is 0 Å². The van der Waals surface area contributed by atoms with Gasteiger partial charge in [0.25, 0.3) is 0 Å². The maximum absolute atomic E-state index is 10.9. The summed E-state index contributed by atoms with van der Waals surface area (Å²) in [5.74, 6) is 6.60. The Hall–Kier alpha value is -2.58. The van der Waals surface area contributed by atoms with Gasteiger partial charge in [0.2, 0.25) is 5.89 Å². The van der Waals surface area contributed by atoms with Crippen molar-refractivity contribution in [3.8, 4) is 23.3 Å². The molecule has 0 amide bonds. The maximum Gasteiger partial charge on any atom is 0.335 e. The number of ether oxygens (including phenoxy) is 1. The third kappa shape index (κ3) is 5.47. The Balaban J connectivity index is 1.83. The molecule has 1 heterocycles. The molecule has 1 aromatic heterocycles. The van der Waals surface area contributed by atoms with Gasteiger partial charge < -0.3 is 14.3 Å². The molecule has 0 spiro atoms. The first-order valence-corrected chi connectivity index (χ1v) is 8.66. The quantitative estimate of drug-likeness (QED) is 0.596. The van der Waals surface area contributed by atoms with Crippen LogP contribution in [0.1, 0.15) is 43.7 Å². The fourth-order valence-electron chi connectivity index (χ4n) is 2.20. The average Bonchev–Trinajstić information content (AvgIpc) is 2.95. The van der Waals surface area contributed by atoms with Crippen LogP contribution in [0.15, 0.2) is 28.7 Å². The number of unbranched alkanes of at least 4 members (excludes halogenated alkanes) is 1. The number of oxazole rings is 1. The summed E-state index contributed by atoms with van der Waals surface area (Å²) in [6.07, 6.45) is 1.87. The number of aryl methyl sites for hydroxylation is 2. The van der Waals surface area contributed by atoms with E-state index in [2.05, 4.69) is 16.8 Å². The van der Waals surface area contributed by atoms with Crippen molar-refractivity contribution in [2.75, 3.05) is 6.61 Å². The van der Waals surface area contributed by atoms with Gasteiger partial charge in [-0.05, 0) is 46.2 Å². The molecule has 0 unspecified atom stereocenters. The molecule has 0 aliphatic rings. The lowest BCUT2D eigenvalue weighted by Gasteiger charge is -2.19.